The van der Waals surface area contributed by atoms with Gasteiger partial charge in [0.25, 0.3) is 0 Å². The second kappa shape index (κ2) is 9.00. The molecule has 0 saturated carbocycles. The fourth-order valence-corrected chi connectivity index (χ4v) is 2.45. The van der Waals surface area contributed by atoms with Crippen LogP contribution in [0.4, 0.5) is 43.9 Å². The van der Waals surface area contributed by atoms with Gasteiger partial charge in [0.15, 0.2) is 23.3 Å². The molecule has 0 radical (unpaired) electrons. The zero-order chi connectivity index (χ0) is 24.6. The second-order valence-corrected chi connectivity index (χ2v) is 6.15. The number of ether oxygens (including phenoxy) is 2. The lowest BCUT2D eigenvalue weighted by molar-refractivity contribution is 0.0716. The van der Waals surface area contributed by atoms with Crippen molar-refractivity contribution in [3.05, 3.63) is 93.6 Å². The van der Waals surface area contributed by atoms with Crippen molar-refractivity contribution < 1.29 is 58.2 Å². The molecule has 0 saturated heterocycles. The van der Waals surface area contributed by atoms with Gasteiger partial charge in [0, 0.05) is 0 Å². The SMILES string of the molecule is O=C(Oc1c(F)c(F)c(F)c(F)c1F)c1ccc(OCc2c(F)c(F)c(F)c(F)c2F)cc1. The molecule has 3 aromatic rings. The van der Waals surface area contributed by atoms with Crippen LogP contribution in [0.3, 0.4) is 0 Å². The predicted octanol–water partition coefficient (Wildman–Crippen LogP) is 5.88. The second-order valence-electron chi connectivity index (χ2n) is 6.15. The molecular weight excluding hydrogens is 478 g/mol. The summed E-state index contributed by atoms with van der Waals surface area (Å²) in [6, 6.07) is 3.59. The Balaban J connectivity index is 1.77. The minimum absolute atomic E-state index is 0.258. The van der Waals surface area contributed by atoms with E-state index in [1.165, 1.54) is 0 Å². The Bertz CT molecular complexity index is 1200. The highest BCUT2D eigenvalue weighted by Gasteiger charge is 2.29. The Morgan fingerprint density at radius 1 is 0.576 bits per heavy atom. The van der Waals surface area contributed by atoms with E-state index in [9.17, 15) is 48.7 Å². The third kappa shape index (κ3) is 4.30. The standard InChI is InChI=1S/C20H6F10O3/c21-9-8(10(22)12(24)13(25)11(9)23)5-32-7-3-1-6(2-4-7)20(31)33-19-17(29)15(27)14(26)16(28)18(19)30/h1-4H,5H2. The third-order valence-electron chi connectivity index (χ3n) is 4.14. The summed E-state index contributed by atoms with van der Waals surface area (Å²) in [6.45, 7) is -1.11. The first kappa shape index (κ1) is 23.9. The van der Waals surface area contributed by atoms with Gasteiger partial charge in [-0.05, 0) is 24.3 Å². The smallest absolute Gasteiger partial charge is 0.343 e. The van der Waals surface area contributed by atoms with Crippen LogP contribution in [0.5, 0.6) is 11.5 Å². The zero-order valence-electron chi connectivity index (χ0n) is 15.5. The quantitative estimate of drug-likeness (QED) is 0.149. The van der Waals surface area contributed by atoms with Gasteiger partial charge in [-0.15, -0.1) is 0 Å². The lowest BCUT2D eigenvalue weighted by Crippen LogP contribution is -2.13. The Morgan fingerprint density at radius 3 is 1.42 bits per heavy atom. The van der Waals surface area contributed by atoms with Crippen LogP contribution >= 0.6 is 0 Å². The molecule has 0 bridgehead atoms. The fraction of sp³-hybridized carbons (Fsp3) is 0.0500. The average Bonchev–Trinajstić information content (AvgIpc) is 2.81. The predicted molar refractivity (Wildman–Crippen MR) is 88.2 cm³/mol. The van der Waals surface area contributed by atoms with Gasteiger partial charge < -0.3 is 9.47 Å². The Labute approximate surface area is 176 Å². The largest absolute Gasteiger partial charge is 0.489 e. The highest BCUT2D eigenvalue weighted by atomic mass is 19.2. The first-order chi connectivity index (χ1) is 15.5. The molecule has 174 valence electrons. The molecule has 13 heteroatoms. The summed E-state index contributed by atoms with van der Waals surface area (Å²) in [5, 5.41) is 0. The number of benzene rings is 3. The minimum atomic E-state index is -2.46. The summed E-state index contributed by atoms with van der Waals surface area (Å²) < 4.78 is 142. The molecule has 0 fully saturated rings. The van der Waals surface area contributed by atoms with E-state index in [4.69, 9.17) is 4.74 Å². The molecule has 0 N–H and O–H groups in total. The first-order valence-corrected chi connectivity index (χ1v) is 8.42. The maximum Gasteiger partial charge on any atom is 0.343 e. The summed E-state index contributed by atoms with van der Waals surface area (Å²) in [5.74, 6) is -26.5. The minimum Gasteiger partial charge on any atom is -0.489 e. The van der Waals surface area contributed by atoms with Gasteiger partial charge in [0.1, 0.15) is 12.4 Å². The summed E-state index contributed by atoms with van der Waals surface area (Å²) >= 11 is 0. The Kier molecular flexibility index (Phi) is 6.51. The lowest BCUT2D eigenvalue weighted by Gasteiger charge is -2.11. The van der Waals surface area contributed by atoms with Crippen LogP contribution in [0.25, 0.3) is 0 Å². The number of carbonyl (C=O) groups is 1. The maximum absolute atomic E-state index is 13.6. The van der Waals surface area contributed by atoms with E-state index in [1.54, 1.807) is 0 Å². The number of hydrogen-bond donors (Lipinski definition) is 0. The third-order valence-corrected chi connectivity index (χ3v) is 4.14. The lowest BCUT2D eigenvalue weighted by atomic mass is 10.1. The van der Waals surface area contributed by atoms with Gasteiger partial charge in [-0.1, -0.05) is 0 Å². The first-order valence-electron chi connectivity index (χ1n) is 8.42. The van der Waals surface area contributed by atoms with Crippen LogP contribution in [0.15, 0.2) is 24.3 Å². The Hall–Kier alpha value is -3.77. The number of esters is 1. The normalized spacial score (nSPS) is 11.0. The van der Waals surface area contributed by atoms with E-state index < -0.39 is 87.6 Å². The maximum atomic E-state index is 13.6. The molecule has 0 amide bonds. The molecule has 33 heavy (non-hydrogen) atoms. The van der Waals surface area contributed by atoms with E-state index in [0.717, 1.165) is 24.3 Å². The monoisotopic (exact) mass is 484 g/mol. The van der Waals surface area contributed by atoms with Crippen LogP contribution in [0.2, 0.25) is 0 Å². The van der Waals surface area contributed by atoms with Crippen LogP contribution in [-0.4, -0.2) is 5.97 Å². The van der Waals surface area contributed by atoms with Crippen LogP contribution in [-0.2, 0) is 6.61 Å². The molecule has 3 nitrogen and oxygen atoms in total. The van der Waals surface area contributed by atoms with E-state index in [0.29, 0.717) is 0 Å². The summed E-state index contributed by atoms with van der Waals surface area (Å²) in [6.07, 6.45) is 0. The molecule has 0 aliphatic rings. The van der Waals surface area contributed by atoms with Gasteiger partial charge in [-0.25, -0.2) is 39.9 Å². The highest BCUT2D eigenvalue weighted by Crippen LogP contribution is 2.30. The van der Waals surface area contributed by atoms with Gasteiger partial charge in [-0.3, -0.25) is 0 Å². The molecule has 0 aliphatic heterocycles. The van der Waals surface area contributed by atoms with Crippen molar-refractivity contribution in [1.29, 1.82) is 0 Å². The van der Waals surface area contributed by atoms with Crippen molar-refractivity contribution in [1.82, 2.24) is 0 Å². The topological polar surface area (TPSA) is 35.5 Å². The van der Waals surface area contributed by atoms with Gasteiger partial charge in [-0.2, -0.15) is 8.78 Å². The van der Waals surface area contributed by atoms with Crippen molar-refractivity contribution in [2.45, 2.75) is 6.61 Å². The number of hydrogen-bond acceptors (Lipinski definition) is 3. The molecule has 0 heterocycles. The van der Waals surface area contributed by atoms with Gasteiger partial charge in [0.05, 0.1) is 11.1 Å². The molecular formula is C20H6F10O3. The summed E-state index contributed by atoms with van der Waals surface area (Å²) in [7, 11) is 0. The van der Waals surface area contributed by atoms with E-state index in [1.807, 2.05) is 0 Å². The molecule has 0 unspecified atom stereocenters. The van der Waals surface area contributed by atoms with E-state index >= 15 is 0 Å². The van der Waals surface area contributed by atoms with Crippen molar-refractivity contribution in [2.75, 3.05) is 0 Å². The molecule has 0 spiro atoms. The van der Waals surface area contributed by atoms with Crippen LogP contribution < -0.4 is 9.47 Å². The zero-order valence-corrected chi connectivity index (χ0v) is 15.5. The van der Waals surface area contributed by atoms with Crippen LogP contribution in [0.1, 0.15) is 15.9 Å². The highest BCUT2D eigenvalue weighted by molar-refractivity contribution is 5.91. The number of halogens is 10. The molecule has 0 aromatic heterocycles. The van der Waals surface area contributed by atoms with Crippen molar-refractivity contribution in [3.8, 4) is 11.5 Å². The van der Waals surface area contributed by atoms with Crippen molar-refractivity contribution in [3.63, 3.8) is 0 Å². The van der Waals surface area contributed by atoms with Crippen molar-refractivity contribution >= 4 is 5.97 Å². The average molecular weight is 484 g/mol. The van der Waals surface area contributed by atoms with Crippen molar-refractivity contribution in [2.24, 2.45) is 0 Å². The molecule has 3 aromatic carbocycles. The number of rotatable bonds is 5. The van der Waals surface area contributed by atoms with E-state index in [-0.39, 0.29) is 5.75 Å². The van der Waals surface area contributed by atoms with E-state index in [2.05, 4.69) is 4.74 Å². The molecule has 3 rings (SSSR count). The van der Waals surface area contributed by atoms with Gasteiger partial charge >= 0.3 is 5.97 Å². The van der Waals surface area contributed by atoms with Crippen LogP contribution in [0, 0.1) is 58.2 Å². The summed E-state index contributed by atoms with van der Waals surface area (Å²) in [4.78, 5) is 12.0. The molecule has 0 atom stereocenters. The fourth-order valence-electron chi connectivity index (χ4n) is 2.45. The van der Waals surface area contributed by atoms with Gasteiger partial charge in [0.2, 0.25) is 40.7 Å². The molecule has 0 aliphatic carbocycles. The Morgan fingerprint density at radius 2 is 0.970 bits per heavy atom. The number of carbonyl (C=O) groups excluding carboxylic acids is 1. The summed E-state index contributed by atoms with van der Waals surface area (Å²) in [5.41, 5.74) is -1.76.